The normalized spacial score (nSPS) is 29.1. The van der Waals surface area contributed by atoms with Crippen LogP contribution in [0.3, 0.4) is 0 Å². The standard InChI is InChI=1S/C12H25NS/c1-9(2)10(3)13-11-8-14-7-6-12(11,4)5/h9-11,13H,6-8H2,1-5H3. The van der Waals surface area contributed by atoms with Gasteiger partial charge in [0.25, 0.3) is 0 Å². The molecule has 0 bridgehead atoms. The lowest BCUT2D eigenvalue weighted by molar-refractivity contribution is 0.217. The fraction of sp³-hybridized carbons (Fsp3) is 1.00. The maximum atomic E-state index is 3.79. The lowest BCUT2D eigenvalue weighted by Gasteiger charge is -2.41. The van der Waals surface area contributed by atoms with Crippen LogP contribution in [0.25, 0.3) is 0 Å². The van der Waals surface area contributed by atoms with Gasteiger partial charge in [-0.2, -0.15) is 11.8 Å². The Morgan fingerprint density at radius 1 is 1.29 bits per heavy atom. The summed E-state index contributed by atoms with van der Waals surface area (Å²) < 4.78 is 0. The van der Waals surface area contributed by atoms with Crippen LogP contribution in [-0.2, 0) is 0 Å². The SMILES string of the molecule is CC(C)C(C)NC1CSCCC1(C)C. The van der Waals surface area contributed by atoms with E-state index in [0.29, 0.717) is 17.5 Å². The maximum absolute atomic E-state index is 3.79. The third-order valence-electron chi connectivity index (χ3n) is 3.58. The van der Waals surface area contributed by atoms with Crippen molar-refractivity contribution in [2.75, 3.05) is 11.5 Å². The van der Waals surface area contributed by atoms with Gasteiger partial charge in [-0.3, -0.25) is 0 Å². The van der Waals surface area contributed by atoms with Gasteiger partial charge in [-0.1, -0.05) is 27.7 Å². The molecule has 0 aliphatic carbocycles. The summed E-state index contributed by atoms with van der Waals surface area (Å²) in [5, 5.41) is 3.79. The van der Waals surface area contributed by atoms with Crippen LogP contribution in [0.15, 0.2) is 0 Å². The molecular formula is C12H25NS. The second kappa shape index (κ2) is 4.89. The van der Waals surface area contributed by atoms with Crippen LogP contribution in [0.4, 0.5) is 0 Å². The van der Waals surface area contributed by atoms with Gasteiger partial charge >= 0.3 is 0 Å². The first-order valence-electron chi connectivity index (χ1n) is 5.77. The third-order valence-corrected chi connectivity index (χ3v) is 4.64. The summed E-state index contributed by atoms with van der Waals surface area (Å²) in [5.41, 5.74) is 0.481. The van der Waals surface area contributed by atoms with Crippen molar-refractivity contribution in [1.29, 1.82) is 0 Å². The maximum Gasteiger partial charge on any atom is 0.0212 e. The molecule has 14 heavy (non-hydrogen) atoms. The van der Waals surface area contributed by atoms with Gasteiger partial charge in [0.1, 0.15) is 0 Å². The molecule has 0 saturated carbocycles. The molecule has 1 rings (SSSR count). The molecular weight excluding hydrogens is 190 g/mol. The van der Waals surface area contributed by atoms with Crippen LogP contribution in [0.2, 0.25) is 0 Å². The van der Waals surface area contributed by atoms with Crippen LogP contribution in [0, 0.1) is 11.3 Å². The average Bonchev–Trinajstić information content (AvgIpc) is 2.08. The first-order chi connectivity index (χ1) is 6.43. The predicted molar refractivity (Wildman–Crippen MR) is 66.9 cm³/mol. The summed E-state index contributed by atoms with van der Waals surface area (Å²) in [5.74, 6) is 3.35. The minimum atomic E-state index is 0.481. The van der Waals surface area contributed by atoms with E-state index in [4.69, 9.17) is 0 Å². The highest BCUT2D eigenvalue weighted by Gasteiger charge is 2.33. The zero-order valence-electron chi connectivity index (χ0n) is 10.3. The summed E-state index contributed by atoms with van der Waals surface area (Å²) in [6.45, 7) is 11.7. The fourth-order valence-electron chi connectivity index (χ4n) is 1.72. The van der Waals surface area contributed by atoms with Gasteiger partial charge < -0.3 is 5.32 Å². The summed E-state index contributed by atoms with van der Waals surface area (Å²) in [4.78, 5) is 0. The zero-order chi connectivity index (χ0) is 10.8. The Balaban J connectivity index is 2.49. The van der Waals surface area contributed by atoms with Gasteiger partial charge in [-0.15, -0.1) is 0 Å². The Labute approximate surface area is 93.4 Å². The fourth-order valence-corrected chi connectivity index (χ4v) is 3.34. The molecule has 1 aliphatic rings. The van der Waals surface area contributed by atoms with Crippen LogP contribution < -0.4 is 5.32 Å². The largest absolute Gasteiger partial charge is 0.310 e. The Hall–Kier alpha value is 0.310. The van der Waals surface area contributed by atoms with Crippen molar-refractivity contribution in [3.05, 3.63) is 0 Å². The molecule has 0 aromatic heterocycles. The van der Waals surface area contributed by atoms with Gasteiger partial charge in [-0.05, 0) is 30.4 Å². The van der Waals surface area contributed by atoms with E-state index >= 15 is 0 Å². The Kier molecular flexibility index (Phi) is 4.32. The first kappa shape index (κ1) is 12.4. The average molecular weight is 215 g/mol. The molecule has 0 spiro atoms. The molecule has 1 fully saturated rings. The van der Waals surface area contributed by atoms with Crippen molar-refractivity contribution < 1.29 is 0 Å². The molecule has 0 amide bonds. The van der Waals surface area contributed by atoms with Gasteiger partial charge in [0, 0.05) is 17.8 Å². The van der Waals surface area contributed by atoms with Crippen LogP contribution in [-0.4, -0.2) is 23.6 Å². The molecule has 0 aromatic rings. The minimum absolute atomic E-state index is 0.481. The summed E-state index contributed by atoms with van der Waals surface area (Å²) in [7, 11) is 0. The van der Waals surface area contributed by atoms with Gasteiger partial charge in [0.05, 0.1) is 0 Å². The minimum Gasteiger partial charge on any atom is -0.310 e. The van der Waals surface area contributed by atoms with E-state index < -0.39 is 0 Å². The van der Waals surface area contributed by atoms with E-state index in [0.717, 1.165) is 5.92 Å². The Morgan fingerprint density at radius 2 is 1.93 bits per heavy atom. The predicted octanol–water partition coefficient (Wildman–Crippen LogP) is 3.15. The molecule has 1 aliphatic heterocycles. The molecule has 2 atom stereocenters. The van der Waals surface area contributed by atoms with E-state index in [2.05, 4.69) is 51.7 Å². The van der Waals surface area contributed by atoms with Gasteiger partial charge in [0.15, 0.2) is 0 Å². The Bertz CT molecular complexity index is 177. The molecule has 0 radical (unpaired) electrons. The van der Waals surface area contributed by atoms with Crippen molar-refractivity contribution in [2.45, 2.75) is 53.1 Å². The van der Waals surface area contributed by atoms with Crippen molar-refractivity contribution in [3.8, 4) is 0 Å². The summed E-state index contributed by atoms with van der Waals surface area (Å²) in [6.07, 6.45) is 1.35. The van der Waals surface area contributed by atoms with Crippen molar-refractivity contribution >= 4 is 11.8 Å². The molecule has 1 saturated heterocycles. The highest BCUT2D eigenvalue weighted by atomic mass is 32.2. The van der Waals surface area contributed by atoms with Crippen LogP contribution >= 0.6 is 11.8 Å². The highest BCUT2D eigenvalue weighted by Crippen LogP contribution is 2.34. The summed E-state index contributed by atoms with van der Waals surface area (Å²) in [6, 6.07) is 1.33. The second-order valence-electron chi connectivity index (χ2n) is 5.57. The van der Waals surface area contributed by atoms with E-state index in [9.17, 15) is 0 Å². The Morgan fingerprint density at radius 3 is 2.43 bits per heavy atom. The van der Waals surface area contributed by atoms with E-state index in [1.165, 1.54) is 17.9 Å². The van der Waals surface area contributed by atoms with E-state index in [-0.39, 0.29) is 0 Å². The molecule has 0 aromatic carbocycles. The van der Waals surface area contributed by atoms with Crippen molar-refractivity contribution in [3.63, 3.8) is 0 Å². The molecule has 2 unspecified atom stereocenters. The molecule has 1 nitrogen and oxygen atoms in total. The summed E-state index contributed by atoms with van der Waals surface area (Å²) >= 11 is 2.10. The topological polar surface area (TPSA) is 12.0 Å². The number of thioether (sulfide) groups is 1. The number of nitrogens with one attached hydrogen (secondary N) is 1. The second-order valence-corrected chi connectivity index (χ2v) is 6.72. The third kappa shape index (κ3) is 3.16. The molecule has 1 heterocycles. The van der Waals surface area contributed by atoms with E-state index in [1.54, 1.807) is 0 Å². The van der Waals surface area contributed by atoms with Crippen LogP contribution in [0.5, 0.6) is 0 Å². The molecule has 1 N–H and O–H groups in total. The van der Waals surface area contributed by atoms with Gasteiger partial charge in [-0.25, -0.2) is 0 Å². The van der Waals surface area contributed by atoms with Crippen LogP contribution in [0.1, 0.15) is 41.0 Å². The van der Waals surface area contributed by atoms with Gasteiger partial charge in [0.2, 0.25) is 0 Å². The lowest BCUT2D eigenvalue weighted by atomic mass is 9.81. The zero-order valence-corrected chi connectivity index (χ0v) is 11.1. The molecule has 84 valence electrons. The van der Waals surface area contributed by atoms with Crippen molar-refractivity contribution in [1.82, 2.24) is 5.32 Å². The lowest BCUT2D eigenvalue weighted by Crippen LogP contribution is -2.51. The first-order valence-corrected chi connectivity index (χ1v) is 6.93. The monoisotopic (exact) mass is 215 g/mol. The highest BCUT2D eigenvalue weighted by molar-refractivity contribution is 7.99. The van der Waals surface area contributed by atoms with Crippen molar-refractivity contribution in [2.24, 2.45) is 11.3 Å². The number of rotatable bonds is 3. The quantitative estimate of drug-likeness (QED) is 0.776. The van der Waals surface area contributed by atoms with E-state index in [1.807, 2.05) is 0 Å². The number of hydrogen-bond acceptors (Lipinski definition) is 2. The smallest absolute Gasteiger partial charge is 0.0212 e. The number of hydrogen-bond donors (Lipinski definition) is 1. The molecule has 2 heteroatoms.